The summed E-state index contributed by atoms with van der Waals surface area (Å²) >= 11 is 0. The van der Waals surface area contributed by atoms with Crippen LogP contribution in [0.15, 0.2) is 18.2 Å². The molecule has 1 atom stereocenters. The van der Waals surface area contributed by atoms with Gasteiger partial charge in [-0.05, 0) is 37.0 Å². The van der Waals surface area contributed by atoms with E-state index in [0.717, 1.165) is 0 Å². The van der Waals surface area contributed by atoms with E-state index >= 15 is 0 Å². The summed E-state index contributed by atoms with van der Waals surface area (Å²) in [4.78, 5) is 23.0. The first kappa shape index (κ1) is 16.0. The van der Waals surface area contributed by atoms with Gasteiger partial charge in [0.1, 0.15) is 0 Å². The summed E-state index contributed by atoms with van der Waals surface area (Å²) in [6.07, 6.45) is 0. The summed E-state index contributed by atoms with van der Waals surface area (Å²) in [6, 6.07) is 4.46. The van der Waals surface area contributed by atoms with Gasteiger partial charge < -0.3 is 15.7 Å². The molecule has 1 aromatic rings. The first-order valence-corrected chi connectivity index (χ1v) is 6.53. The molecule has 1 rings (SSSR count). The van der Waals surface area contributed by atoms with Crippen molar-refractivity contribution in [3.05, 3.63) is 29.3 Å². The standard InChI is InChI=1S/C15H22N2O3/c1-9-11(13(18)19)7-6-8-12(9)17-14(20)16-10(2)15(3,4)5/h6-8,10H,1-5H3,(H,18,19)(H2,16,17,20). The minimum Gasteiger partial charge on any atom is -0.478 e. The number of carboxylic acids is 1. The van der Waals surface area contributed by atoms with Gasteiger partial charge in [-0.25, -0.2) is 9.59 Å². The lowest BCUT2D eigenvalue weighted by Gasteiger charge is -2.28. The molecule has 1 unspecified atom stereocenters. The van der Waals surface area contributed by atoms with Crippen LogP contribution in [0, 0.1) is 12.3 Å². The molecule has 110 valence electrons. The Morgan fingerprint density at radius 3 is 2.35 bits per heavy atom. The molecule has 3 N–H and O–H groups in total. The highest BCUT2D eigenvalue weighted by molar-refractivity contribution is 5.95. The number of hydrogen-bond donors (Lipinski definition) is 3. The highest BCUT2D eigenvalue weighted by atomic mass is 16.4. The van der Waals surface area contributed by atoms with Crippen LogP contribution in [0.1, 0.15) is 43.6 Å². The van der Waals surface area contributed by atoms with E-state index in [1.807, 2.05) is 27.7 Å². The van der Waals surface area contributed by atoms with E-state index in [1.165, 1.54) is 6.07 Å². The van der Waals surface area contributed by atoms with Crippen molar-refractivity contribution in [2.45, 2.75) is 40.7 Å². The summed E-state index contributed by atoms with van der Waals surface area (Å²) in [5.41, 5.74) is 1.18. The van der Waals surface area contributed by atoms with Gasteiger partial charge in [0.15, 0.2) is 0 Å². The van der Waals surface area contributed by atoms with Crippen molar-refractivity contribution >= 4 is 17.7 Å². The van der Waals surface area contributed by atoms with Gasteiger partial charge in [0.2, 0.25) is 0 Å². The summed E-state index contributed by atoms with van der Waals surface area (Å²) in [5, 5.41) is 14.6. The van der Waals surface area contributed by atoms with Crippen LogP contribution in [0.5, 0.6) is 0 Å². The van der Waals surface area contributed by atoms with Crippen LogP contribution >= 0.6 is 0 Å². The molecule has 0 heterocycles. The maximum Gasteiger partial charge on any atom is 0.336 e. The molecule has 1 aromatic carbocycles. The zero-order valence-electron chi connectivity index (χ0n) is 12.6. The van der Waals surface area contributed by atoms with E-state index in [9.17, 15) is 9.59 Å². The van der Waals surface area contributed by atoms with Crippen molar-refractivity contribution in [2.75, 3.05) is 5.32 Å². The number of carbonyl (C=O) groups is 2. The highest BCUT2D eigenvalue weighted by Crippen LogP contribution is 2.20. The predicted octanol–water partition coefficient (Wildman–Crippen LogP) is 3.25. The fourth-order valence-corrected chi connectivity index (χ4v) is 1.57. The number of rotatable bonds is 3. The number of urea groups is 1. The molecular formula is C15H22N2O3. The van der Waals surface area contributed by atoms with Crippen LogP contribution in [0.2, 0.25) is 0 Å². The number of aromatic carboxylic acids is 1. The molecule has 0 saturated heterocycles. The van der Waals surface area contributed by atoms with Crippen molar-refractivity contribution in [1.82, 2.24) is 5.32 Å². The molecule has 5 heteroatoms. The van der Waals surface area contributed by atoms with Gasteiger partial charge in [-0.1, -0.05) is 26.8 Å². The Morgan fingerprint density at radius 2 is 1.85 bits per heavy atom. The normalized spacial score (nSPS) is 12.7. The third-order valence-corrected chi connectivity index (χ3v) is 3.46. The molecule has 0 saturated carbocycles. The van der Waals surface area contributed by atoms with Gasteiger partial charge in [0.05, 0.1) is 5.56 Å². The van der Waals surface area contributed by atoms with Crippen LogP contribution in [0.3, 0.4) is 0 Å². The van der Waals surface area contributed by atoms with Gasteiger partial charge >= 0.3 is 12.0 Å². The Balaban J connectivity index is 2.82. The van der Waals surface area contributed by atoms with Gasteiger partial charge in [-0.15, -0.1) is 0 Å². The highest BCUT2D eigenvalue weighted by Gasteiger charge is 2.22. The Bertz CT molecular complexity index is 518. The summed E-state index contributed by atoms with van der Waals surface area (Å²) < 4.78 is 0. The van der Waals surface area contributed by atoms with Crippen molar-refractivity contribution < 1.29 is 14.7 Å². The molecule has 5 nitrogen and oxygen atoms in total. The van der Waals surface area contributed by atoms with Crippen LogP contribution < -0.4 is 10.6 Å². The Kier molecular flexibility index (Phi) is 4.76. The van der Waals surface area contributed by atoms with Crippen LogP contribution in [-0.2, 0) is 0 Å². The minimum absolute atomic E-state index is 0.00883. The molecule has 0 bridgehead atoms. The van der Waals surface area contributed by atoms with Crippen molar-refractivity contribution in [3.8, 4) is 0 Å². The summed E-state index contributed by atoms with van der Waals surface area (Å²) in [5.74, 6) is -1.00. The molecular weight excluding hydrogens is 256 g/mol. The molecule has 0 spiro atoms. The first-order valence-electron chi connectivity index (χ1n) is 6.53. The predicted molar refractivity (Wildman–Crippen MR) is 79.2 cm³/mol. The number of anilines is 1. The third-order valence-electron chi connectivity index (χ3n) is 3.46. The second-order valence-corrected chi connectivity index (χ2v) is 5.97. The molecule has 0 aliphatic rings. The first-order chi connectivity index (χ1) is 9.12. The molecule has 0 radical (unpaired) electrons. The fourth-order valence-electron chi connectivity index (χ4n) is 1.57. The average molecular weight is 278 g/mol. The van der Waals surface area contributed by atoms with E-state index in [0.29, 0.717) is 11.3 Å². The lowest BCUT2D eigenvalue weighted by Crippen LogP contribution is -2.43. The van der Waals surface area contributed by atoms with Crippen molar-refractivity contribution in [2.24, 2.45) is 5.41 Å². The number of carbonyl (C=O) groups excluding carboxylic acids is 1. The molecule has 0 fully saturated rings. The molecule has 0 aliphatic heterocycles. The van der Waals surface area contributed by atoms with E-state index in [4.69, 9.17) is 5.11 Å². The van der Waals surface area contributed by atoms with E-state index in [1.54, 1.807) is 19.1 Å². The number of amides is 2. The number of hydrogen-bond acceptors (Lipinski definition) is 2. The monoisotopic (exact) mass is 278 g/mol. The van der Waals surface area contributed by atoms with E-state index in [-0.39, 0.29) is 23.1 Å². The van der Waals surface area contributed by atoms with Gasteiger partial charge in [-0.3, -0.25) is 0 Å². The Morgan fingerprint density at radius 1 is 1.25 bits per heavy atom. The lowest BCUT2D eigenvalue weighted by molar-refractivity contribution is 0.0696. The SMILES string of the molecule is Cc1c(NC(=O)NC(C)C(C)(C)C)cccc1C(=O)O. The largest absolute Gasteiger partial charge is 0.478 e. The second kappa shape index (κ2) is 5.94. The summed E-state index contributed by atoms with van der Waals surface area (Å²) in [7, 11) is 0. The molecule has 2 amide bonds. The molecule has 20 heavy (non-hydrogen) atoms. The smallest absolute Gasteiger partial charge is 0.336 e. The van der Waals surface area contributed by atoms with Gasteiger partial charge in [0.25, 0.3) is 0 Å². The van der Waals surface area contributed by atoms with Crippen molar-refractivity contribution in [1.29, 1.82) is 0 Å². The molecule has 0 aromatic heterocycles. The van der Waals surface area contributed by atoms with E-state index in [2.05, 4.69) is 10.6 Å². The molecule has 0 aliphatic carbocycles. The quantitative estimate of drug-likeness (QED) is 0.794. The third kappa shape index (κ3) is 3.98. The summed E-state index contributed by atoms with van der Waals surface area (Å²) in [6.45, 7) is 9.71. The number of nitrogens with one attached hydrogen (secondary N) is 2. The Hall–Kier alpha value is -2.04. The van der Waals surface area contributed by atoms with E-state index < -0.39 is 5.97 Å². The maximum absolute atomic E-state index is 11.9. The maximum atomic E-state index is 11.9. The Labute approximate surface area is 119 Å². The topological polar surface area (TPSA) is 78.4 Å². The van der Waals surface area contributed by atoms with Crippen LogP contribution in [-0.4, -0.2) is 23.1 Å². The second-order valence-electron chi connectivity index (χ2n) is 5.97. The zero-order chi connectivity index (χ0) is 15.5. The zero-order valence-corrected chi connectivity index (χ0v) is 12.6. The van der Waals surface area contributed by atoms with Crippen LogP contribution in [0.25, 0.3) is 0 Å². The van der Waals surface area contributed by atoms with Crippen LogP contribution in [0.4, 0.5) is 10.5 Å². The van der Waals surface area contributed by atoms with Gasteiger partial charge in [-0.2, -0.15) is 0 Å². The van der Waals surface area contributed by atoms with Gasteiger partial charge in [0, 0.05) is 11.7 Å². The lowest BCUT2D eigenvalue weighted by atomic mass is 9.88. The number of benzene rings is 1. The minimum atomic E-state index is -1.00. The van der Waals surface area contributed by atoms with Crippen molar-refractivity contribution in [3.63, 3.8) is 0 Å². The average Bonchev–Trinajstić information content (AvgIpc) is 2.30. The number of carboxylic acid groups (broad SMARTS) is 1. The fraction of sp³-hybridized carbons (Fsp3) is 0.467.